The van der Waals surface area contributed by atoms with E-state index in [9.17, 15) is 0 Å². The molecule has 0 atom stereocenters. The number of nitrogens with zero attached hydrogens (tertiary/aromatic N) is 3. The lowest BCUT2D eigenvalue weighted by molar-refractivity contribution is 0.0636. The van der Waals surface area contributed by atoms with Gasteiger partial charge in [-0.3, -0.25) is 0 Å². The molecule has 6 heteroatoms. The molecular formula is C13H23N5O. The molecule has 0 aliphatic carbocycles. The van der Waals surface area contributed by atoms with Gasteiger partial charge in [-0.25, -0.2) is 4.98 Å². The highest BCUT2D eigenvalue weighted by Gasteiger charge is 2.38. The Morgan fingerprint density at radius 3 is 2.74 bits per heavy atom. The summed E-state index contributed by atoms with van der Waals surface area (Å²) in [5, 5.41) is 3.31. The van der Waals surface area contributed by atoms with Gasteiger partial charge in [0.25, 0.3) is 0 Å². The number of likely N-dealkylation sites (N-methyl/N-ethyl adjacent to an activating group) is 1. The minimum Gasteiger partial charge on any atom is -0.373 e. The van der Waals surface area contributed by atoms with E-state index in [1.165, 1.54) is 0 Å². The van der Waals surface area contributed by atoms with Gasteiger partial charge >= 0.3 is 0 Å². The number of nitrogens with one attached hydrogen (secondary N) is 1. The maximum absolute atomic E-state index is 5.76. The molecule has 1 fully saturated rings. The van der Waals surface area contributed by atoms with Gasteiger partial charge in [0, 0.05) is 19.2 Å². The number of hydrogen-bond donors (Lipinski definition) is 2. The summed E-state index contributed by atoms with van der Waals surface area (Å²) in [6.45, 7) is 8.50. The molecule has 2 rings (SSSR count). The Balaban J connectivity index is 2.06. The molecule has 1 saturated heterocycles. The van der Waals surface area contributed by atoms with Crippen molar-refractivity contribution < 1.29 is 4.74 Å². The van der Waals surface area contributed by atoms with E-state index in [2.05, 4.69) is 27.1 Å². The molecule has 0 unspecified atom stereocenters. The van der Waals surface area contributed by atoms with Gasteiger partial charge in [-0.15, -0.1) is 0 Å². The summed E-state index contributed by atoms with van der Waals surface area (Å²) < 4.78 is 5.55. The maximum Gasteiger partial charge on any atom is 0.222 e. The summed E-state index contributed by atoms with van der Waals surface area (Å²) in [6, 6.07) is 1.95. The Kier molecular flexibility index (Phi) is 3.91. The van der Waals surface area contributed by atoms with Gasteiger partial charge in [-0.1, -0.05) is 0 Å². The molecule has 2 heterocycles. The van der Waals surface area contributed by atoms with Crippen molar-refractivity contribution in [1.82, 2.24) is 15.3 Å². The highest BCUT2D eigenvalue weighted by atomic mass is 16.5. The van der Waals surface area contributed by atoms with Crippen molar-refractivity contribution in [2.24, 2.45) is 0 Å². The topological polar surface area (TPSA) is 76.3 Å². The van der Waals surface area contributed by atoms with Gasteiger partial charge in [0.1, 0.15) is 5.82 Å². The Labute approximate surface area is 114 Å². The van der Waals surface area contributed by atoms with Crippen LogP contribution in [0.1, 0.15) is 26.5 Å². The zero-order chi connectivity index (χ0) is 14.0. The van der Waals surface area contributed by atoms with Gasteiger partial charge in [0.05, 0.1) is 23.9 Å². The Morgan fingerprint density at radius 2 is 2.16 bits per heavy atom. The molecule has 19 heavy (non-hydrogen) atoms. The largest absolute Gasteiger partial charge is 0.373 e. The van der Waals surface area contributed by atoms with E-state index in [0.717, 1.165) is 24.6 Å². The molecule has 0 radical (unpaired) electrons. The average Bonchev–Trinajstić information content (AvgIpc) is 2.31. The number of hydrogen-bond acceptors (Lipinski definition) is 6. The van der Waals surface area contributed by atoms with E-state index in [-0.39, 0.29) is 11.6 Å². The molecule has 0 amide bonds. The fourth-order valence-corrected chi connectivity index (χ4v) is 2.11. The van der Waals surface area contributed by atoms with Gasteiger partial charge < -0.3 is 20.7 Å². The minimum atomic E-state index is 0.161. The molecule has 0 spiro atoms. The van der Waals surface area contributed by atoms with E-state index < -0.39 is 0 Å². The average molecular weight is 265 g/mol. The second-order valence-corrected chi connectivity index (χ2v) is 5.60. The number of rotatable bonds is 5. The first-order chi connectivity index (χ1) is 8.92. The van der Waals surface area contributed by atoms with Crippen LogP contribution in [0.5, 0.6) is 0 Å². The summed E-state index contributed by atoms with van der Waals surface area (Å²) in [6.07, 6.45) is 0.177. The van der Waals surface area contributed by atoms with E-state index in [4.69, 9.17) is 10.5 Å². The molecule has 1 aliphatic heterocycles. The van der Waals surface area contributed by atoms with Crippen LogP contribution in [0.3, 0.4) is 0 Å². The predicted molar refractivity (Wildman–Crippen MR) is 76.0 cm³/mol. The summed E-state index contributed by atoms with van der Waals surface area (Å²) >= 11 is 0. The van der Waals surface area contributed by atoms with Crippen molar-refractivity contribution >= 4 is 11.8 Å². The Bertz CT molecular complexity index is 443. The van der Waals surface area contributed by atoms with Crippen LogP contribution in [0.4, 0.5) is 11.8 Å². The third-order valence-electron chi connectivity index (χ3n) is 3.35. The Morgan fingerprint density at radius 1 is 1.47 bits per heavy atom. The first kappa shape index (κ1) is 14.0. The van der Waals surface area contributed by atoms with E-state index in [1.807, 2.05) is 27.0 Å². The smallest absolute Gasteiger partial charge is 0.222 e. The molecule has 3 N–H and O–H groups in total. The standard InChI is InChI=1S/C13H23N5O/c1-9(2)19-6-10-5-11(17-12(14)16-10)18-7-13(3,8-18)15-4/h5,9,15H,6-8H2,1-4H3,(H2,14,16,17). The molecular weight excluding hydrogens is 242 g/mol. The highest BCUT2D eigenvalue weighted by Crippen LogP contribution is 2.26. The SMILES string of the molecule is CNC1(C)CN(c2cc(COC(C)C)nc(N)n2)C1. The number of aromatic nitrogens is 2. The molecule has 0 aromatic carbocycles. The van der Waals surface area contributed by atoms with Crippen LogP contribution in [0, 0.1) is 0 Å². The van der Waals surface area contributed by atoms with Crippen LogP contribution in [0.2, 0.25) is 0 Å². The normalized spacial score (nSPS) is 17.6. The summed E-state index contributed by atoms with van der Waals surface area (Å²) in [7, 11) is 1.98. The van der Waals surface area contributed by atoms with Crippen molar-refractivity contribution in [2.45, 2.75) is 39.0 Å². The van der Waals surface area contributed by atoms with Crippen LogP contribution in [0.15, 0.2) is 6.07 Å². The number of anilines is 2. The second-order valence-electron chi connectivity index (χ2n) is 5.60. The van der Waals surface area contributed by atoms with Gasteiger partial charge in [0.2, 0.25) is 5.95 Å². The van der Waals surface area contributed by atoms with E-state index in [0.29, 0.717) is 12.6 Å². The van der Waals surface area contributed by atoms with Crippen molar-refractivity contribution in [1.29, 1.82) is 0 Å². The molecule has 6 nitrogen and oxygen atoms in total. The third kappa shape index (κ3) is 3.33. The fraction of sp³-hybridized carbons (Fsp3) is 0.692. The van der Waals surface area contributed by atoms with E-state index >= 15 is 0 Å². The van der Waals surface area contributed by atoms with Crippen molar-refractivity contribution in [2.75, 3.05) is 30.8 Å². The first-order valence-electron chi connectivity index (χ1n) is 6.61. The molecule has 106 valence electrons. The zero-order valence-electron chi connectivity index (χ0n) is 12.1. The molecule has 0 bridgehead atoms. The highest BCUT2D eigenvalue weighted by molar-refractivity contribution is 5.47. The quantitative estimate of drug-likeness (QED) is 0.819. The predicted octanol–water partition coefficient (Wildman–Crippen LogP) is 0.782. The third-order valence-corrected chi connectivity index (χ3v) is 3.35. The summed E-state index contributed by atoms with van der Waals surface area (Å²) in [5.74, 6) is 1.18. The molecule has 1 aromatic heterocycles. The first-order valence-corrected chi connectivity index (χ1v) is 6.61. The number of nitrogens with two attached hydrogens (primary N) is 1. The molecule has 0 saturated carbocycles. The lowest BCUT2D eigenvalue weighted by atomic mass is 9.92. The number of nitrogen functional groups attached to an aromatic ring is 1. The van der Waals surface area contributed by atoms with Crippen LogP contribution in [-0.2, 0) is 11.3 Å². The Hall–Kier alpha value is -1.40. The monoisotopic (exact) mass is 265 g/mol. The zero-order valence-corrected chi connectivity index (χ0v) is 12.1. The van der Waals surface area contributed by atoms with Gasteiger partial charge in [0.15, 0.2) is 0 Å². The minimum absolute atomic E-state index is 0.161. The molecule has 1 aromatic rings. The van der Waals surface area contributed by atoms with Crippen molar-refractivity contribution in [3.8, 4) is 0 Å². The van der Waals surface area contributed by atoms with Crippen LogP contribution >= 0.6 is 0 Å². The van der Waals surface area contributed by atoms with Gasteiger partial charge in [-0.2, -0.15) is 4.98 Å². The molecule has 1 aliphatic rings. The summed E-state index contributed by atoms with van der Waals surface area (Å²) in [5.41, 5.74) is 6.75. The second kappa shape index (κ2) is 5.30. The van der Waals surface area contributed by atoms with E-state index in [1.54, 1.807) is 0 Å². The lowest BCUT2D eigenvalue weighted by Crippen LogP contribution is -2.67. The van der Waals surface area contributed by atoms with Gasteiger partial charge in [-0.05, 0) is 27.8 Å². The summed E-state index contributed by atoms with van der Waals surface area (Å²) in [4.78, 5) is 10.7. The number of ether oxygens (including phenoxy) is 1. The van der Waals surface area contributed by atoms with Crippen molar-refractivity contribution in [3.63, 3.8) is 0 Å². The van der Waals surface area contributed by atoms with Crippen LogP contribution < -0.4 is 16.0 Å². The lowest BCUT2D eigenvalue weighted by Gasteiger charge is -2.48. The van der Waals surface area contributed by atoms with Crippen molar-refractivity contribution in [3.05, 3.63) is 11.8 Å². The van der Waals surface area contributed by atoms with Crippen LogP contribution in [0.25, 0.3) is 0 Å². The maximum atomic E-state index is 5.76. The fourth-order valence-electron chi connectivity index (χ4n) is 2.11. The van der Waals surface area contributed by atoms with Crippen LogP contribution in [-0.4, -0.2) is 41.7 Å².